The van der Waals surface area contributed by atoms with E-state index in [0.29, 0.717) is 24.4 Å². The van der Waals surface area contributed by atoms with Gasteiger partial charge < -0.3 is 9.32 Å². The van der Waals surface area contributed by atoms with Crippen LogP contribution in [-0.4, -0.2) is 22.3 Å². The Morgan fingerprint density at radius 3 is 2.46 bits per heavy atom. The lowest BCUT2D eigenvalue weighted by Crippen LogP contribution is -2.35. The molecular formula is C20H16N2O4. The summed E-state index contributed by atoms with van der Waals surface area (Å²) in [6.07, 6.45) is 0.831. The zero-order chi connectivity index (χ0) is 18.1. The van der Waals surface area contributed by atoms with E-state index >= 15 is 0 Å². The number of nitrogens with zero attached hydrogens (tertiary/aromatic N) is 2. The molecule has 0 radical (unpaired) electrons. The minimum absolute atomic E-state index is 0.0172. The van der Waals surface area contributed by atoms with Crippen LogP contribution in [0.25, 0.3) is 11.3 Å². The number of fused-ring (bicyclic) bond motifs is 1. The molecule has 0 aliphatic carbocycles. The largest absolute Gasteiger partial charge is 0.451 e. The zero-order valence-electron chi connectivity index (χ0n) is 13.9. The maximum Gasteiger partial charge on any atom is 0.289 e. The van der Waals surface area contributed by atoms with Crippen molar-refractivity contribution >= 4 is 11.6 Å². The first-order valence-corrected chi connectivity index (χ1v) is 8.32. The molecule has 4 rings (SSSR count). The predicted octanol–water partition coefficient (Wildman–Crippen LogP) is 4.05. The van der Waals surface area contributed by atoms with E-state index in [9.17, 15) is 14.9 Å². The second-order valence-electron chi connectivity index (χ2n) is 6.21. The highest BCUT2D eigenvalue weighted by Gasteiger charge is 2.24. The second-order valence-corrected chi connectivity index (χ2v) is 6.21. The van der Waals surface area contributed by atoms with Gasteiger partial charge >= 0.3 is 0 Å². The summed E-state index contributed by atoms with van der Waals surface area (Å²) in [5, 5.41) is 10.7. The summed E-state index contributed by atoms with van der Waals surface area (Å²) in [6, 6.07) is 17.6. The molecule has 0 spiro atoms. The van der Waals surface area contributed by atoms with E-state index in [1.807, 2.05) is 18.2 Å². The normalized spacial score (nSPS) is 13.3. The number of amides is 1. The van der Waals surface area contributed by atoms with E-state index in [1.54, 1.807) is 29.2 Å². The molecule has 0 saturated heterocycles. The van der Waals surface area contributed by atoms with Gasteiger partial charge in [0.05, 0.1) is 4.92 Å². The van der Waals surface area contributed by atoms with E-state index in [0.717, 1.165) is 12.0 Å². The molecule has 0 bridgehead atoms. The van der Waals surface area contributed by atoms with Crippen molar-refractivity contribution < 1.29 is 14.1 Å². The Labute approximate surface area is 149 Å². The SMILES string of the molecule is O=C(c1ccc(-c2ccc([N+](=O)[O-])cc2)o1)N1CCc2ccccc2C1. The van der Waals surface area contributed by atoms with Crippen LogP contribution in [0.5, 0.6) is 0 Å². The molecule has 0 atom stereocenters. The Kier molecular flexibility index (Phi) is 4.01. The number of non-ortho nitro benzene ring substituents is 1. The molecule has 1 amide bonds. The number of furan rings is 1. The predicted molar refractivity (Wildman–Crippen MR) is 95.7 cm³/mol. The van der Waals surface area contributed by atoms with Crippen LogP contribution in [0, 0.1) is 10.1 Å². The molecule has 2 aromatic carbocycles. The van der Waals surface area contributed by atoms with Gasteiger partial charge in [-0.25, -0.2) is 0 Å². The second kappa shape index (κ2) is 6.48. The van der Waals surface area contributed by atoms with Gasteiger partial charge in [-0.15, -0.1) is 0 Å². The highest BCUT2D eigenvalue weighted by molar-refractivity contribution is 5.92. The van der Waals surface area contributed by atoms with Crippen molar-refractivity contribution in [3.8, 4) is 11.3 Å². The molecule has 130 valence electrons. The van der Waals surface area contributed by atoms with Gasteiger partial charge in [0.15, 0.2) is 5.76 Å². The summed E-state index contributed by atoms with van der Waals surface area (Å²) in [5.41, 5.74) is 3.15. The minimum Gasteiger partial charge on any atom is -0.451 e. The van der Waals surface area contributed by atoms with Crippen LogP contribution >= 0.6 is 0 Å². The first-order valence-electron chi connectivity index (χ1n) is 8.32. The number of carbonyl (C=O) groups is 1. The number of hydrogen-bond acceptors (Lipinski definition) is 4. The molecule has 1 aliphatic heterocycles. The van der Waals surface area contributed by atoms with Crippen LogP contribution in [-0.2, 0) is 13.0 Å². The maximum absolute atomic E-state index is 12.7. The summed E-state index contributed by atoms with van der Waals surface area (Å²) in [7, 11) is 0. The number of nitro benzene ring substituents is 1. The standard InChI is InChI=1S/C20H16N2O4/c23-20(21-12-11-14-3-1-2-4-16(14)13-21)19-10-9-18(26-19)15-5-7-17(8-6-15)22(24)25/h1-10H,11-13H2. The minimum atomic E-state index is -0.449. The Hall–Kier alpha value is -3.41. The maximum atomic E-state index is 12.7. The van der Waals surface area contributed by atoms with Crippen LogP contribution < -0.4 is 0 Å². The van der Waals surface area contributed by atoms with Gasteiger partial charge in [-0.05, 0) is 41.8 Å². The molecule has 0 saturated carbocycles. The molecule has 1 aliphatic rings. The number of carbonyl (C=O) groups excluding carboxylic acids is 1. The molecular weight excluding hydrogens is 332 g/mol. The third-order valence-corrected chi connectivity index (χ3v) is 4.60. The number of benzene rings is 2. The first kappa shape index (κ1) is 16.1. The molecule has 6 heteroatoms. The lowest BCUT2D eigenvalue weighted by atomic mass is 10.00. The lowest BCUT2D eigenvalue weighted by Gasteiger charge is -2.28. The molecule has 26 heavy (non-hydrogen) atoms. The van der Waals surface area contributed by atoms with Gasteiger partial charge in [-0.2, -0.15) is 0 Å². The van der Waals surface area contributed by atoms with Gasteiger partial charge in [0.1, 0.15) is 5.76 Å². The van der Waals surface area contributed by atoms with Crippen molar-refractivity contribution in [2.75, 3.05) is 6.54 Å². The fourth-order valence-electron chi connectivity index (χ4n) is 3.18. The van der Waals surface area contributed by atoms with E-state index in [2.05, 4.69) is 6.07 Å². The monoisotopic (exact) mass is 348 g/mol. The smallest absolute Gasteiger partial charge is 0.289 e. The Morgan fingerprint density at radius 2 is 1.73 bits per heavy atom. The van der Waals surface area contributed by atoms with Crippen LogP contribution in [0.3, 0.4) is 0 Å². The third-order valence-electron chi connectivity index (χ3n) is 4.60. The summed E-state index contributed by atoms with van der Waals surface area (Å²) < 4.78 is 5.71. The van der Waals surface area contributed by atoms with Crippen molar-refractivity contribution in [2.45, 2.75) is 13.0 Å². The van der Waals surface area contributed by atoms with Gasteiger partial charge in [-0.1, -0.05) is 24.3 Å². The van der Waals surface area contributed by atoms with E-state index < -0.39 is 4.92 Å². The fourth-order valence-corrected chi connectivity index (χ4v) is 3.18. The van der Waals surface area contributed by atoms with Crippen LogP contribution in [0.2, 0.25) is 0 Å². The summed E-state index contributed by atoms with van der Waals surface area (Å²) in [4.78, 5) is 24.8. The van der Waals surface area contributed by atoms with Crippen molar-refractivity contribution in [1.29, 1.82) is 0 Å². The number of rotatable bonds is 3. The summed E-state index contributed by atoms with van der Waals surface area (Å²) in [5.74, 6) is 0.644. The van der Waals surface area contributed by atoms with E-state index in [1.165, 1.54) is 17.7 Å². The number of nitro groups is 1. The van der Waals surface area contributed by atoms with Crippen LogP contribution in [0.4, 0.5) is 5.69 Å². The van der Waals surface area contributed by atoms with Crippen molar-refractivity contribution in [1.82, 2.24) is 4.90 Å². The highest BCUT2D eigenvalue weighted by Crippen LogP contribution is 2.26. The highest BCUT2D eigenvalue weighted by atomic mass is 16.6. The topological polar surface area (TPSA) is 76.6 Å². The molecule has 2 heterocycles. The van der Waals surface area contributed by atoms with Gasteiger partial charge in [-0.3, -0.25) is 14.9 Å². The van der Waals surface area contributed by atoms with Gasteiger partial charge in [0.25, 0.3) is 11.6 Å². The molecule has 0 unspecified atom stereocenters. The van der Waals surface area contributed by atoms with Crippen LogP contribution in [0.1, 0.15) is 21.7 Å². The lowest BCUT2D eigenvalue weighted by molar-refractivity contribution is -0.384. The van der Waals surface area contributed by atoms with E-state index in [4.69, 9.17) is 4.42 Å². The Balaban J connectivity index is 1.53. The molecule has 3 aromatic rings. The summed E-state index contributed by atoms with van der Waals surface area (Å²) >= 11 is 0. The fraction of sp³-hybridized carbons (Fsp3) is 0.150. The van der Waals surface area contributed by atoms with Crippen molar-refractivity contribution in [2.24, 2.45) is 0 Å². The van der Waals surface area contributed by atoms with Gasteiger partial charge in [0.2, 0.25) is 0 Å². The molecule has 0 fully saturated rings. The van der Waals surface area contributed by atoms with Crippen LogP contribution in [0.15, 0.2) is 65.1 Å². The number of hydrogen-bond donors (Lipinski definition) is 0. The first-order chi connectivity index (χ1) is 12.6. The Morgan fingerprint density at radius 1 is 1.00 bits per heavy atom. The van der Waals surface area contributed by atoms with E-state index in [-0.39, 0.29) is 17.4 Å². The average molecular weight is 348 g/mol. The summed E-state index contributed by atoms with van der Waals surface area (Å²) in [6.45, 7) is 1.23. The van der Waals surface area contributed by atoms with Gasteiger partial charge in [0, 0.05) is 30.8 Å². The third kappa shape index (κ3) is 2.97. The van der Waals surface area contributed by atoms with Crippen molar-refractivity contribution in [3.05, 3.63) is 87.7 Å². The molecule has 0 N–H and O–H groups in total. The zero-order valence-corrected chi connectivity index (χ0v) is 13.9. The Bertz CT molecular complexity index is 975. The molecule has 1 aromatic heterocycles. The average Bonchev–Trinajstić information content (AvgIpc) is 3.17. The molecule has 6 nitrogen and oxygen atoms in total. The quantitative estimate of drug-likeness (QED) is 0.528. The van der Waals surface area contributed by atoms with Crippen molar-refractivity contribution in [3.63, 3.8) is 0 Å².